The highest BCUT2D eigenvalue weighted by molar-refractivity contribution is 5.93. The highest BCUT2D eigenvalue weighted by Crippen LogP contribution is 2.48. The van der Waals surface area contributed by atoms with Crippen molar-refractivity contribution in [2.24, 2.45) is 5.92 Å². The number of methoxy groups -OCH3 is 1. The molecular formula is C30H34F3N5O3. The van der Waals surface area contributed by atoms with E-state index in [0.29, 0.717) is 48.8 Å². The summed E-state index contributed by atoms with van der Waals surface area (Å²) in [5, 5.41) is 4.58. The van der Waals surface area contributed by atoms with Gasteiger partial charge in [0.15, 0.2) is 5.65 Å². The fraction of sp³-hybridized carbons (Fsp3) is 0.533. The summed E-state index contributed by atoms with van der Waals surface area (Å²) in [6.07, 6.45) is 3.90. The molecule has 3 fully saturated rings. The lowest BCUT2D eigenvalue weighted by molar-refractivity contribution is -0.144. The van der Waals surface area contributed by atoms with Gasteiger partial charge in [-0.1, -0.05) is 12.8 Å². The van der Waals surface area contributed by atoms with E-state index in [1.165, 1.54) is 17.7 Å². The van der Waals surface area contributed by atoms with Crippen LogP contribution in [0.3, 0.4) is 0 Å². The van der Waals surface area contributed by atoms with Crippen LogP contribution in [0, 0.1) is 11.7 Å². The molecule has 0 radical (unpaired) electrons. The Morgan fingerprint density at radius 1 is 1.05 bits per heavy atom. The van der Waals surface area contributed by atoms with Crippen LogP contribution in [0.4, 0.5) is 18.9 Å². The van der Waals surface area contributed by atoms with Crippen molar-refractivity contribution in [3.8, 4) is 11.3 Å². The average molecular weight is 570 g/mol. The number of anilines is 1. The molecule has 41 heavy (non-hydrogen) atoms. The second-order valence-corrected chi connectivity index (χ2v) is 11.6. The van der Waals surface area contributed by atoms with Crippen LogP contribution in [-0.4, -0.2) is 70.1 Å². The van der Waals surface area contributed by atoms with Gasteiger partial charge in [0.2, 0.25) is 5.92 Å². The summed E-state index contributed by atoms with van der Waals surface area (Å²) in [5.74, 6) is -4.49. The fourth-order valence-electron chi connectivity index (χ4n) is 6.39. The van der Waals surface area contributed by atoms with E-state index in [4.69, 9.17) is 4.74 Å². The zero-order valence-corrected chi connectivity index (χ0v) is 23.3. The van der Waals surface area contributed by atoms with Crippen LogP contribution >= 0.6 is 0 Å². The maximum Gasteiger partial charge on any atom is 0.310 e. The predicted octanol–water partition coefficient (Wildman–Crippen LogP) is 5.45. The number of hydrogen-bond acceptors (Lipinski definition) is 6. The normalized spacial score (nSPS) is 23.0. The molecule has 1 amide bonds. The first-order valence-corrected chi connectivity index (χ1v) is 14.4. The van der Waals surface area contributed by atoms with Gasteiger partial charge in [0.05, 0.1) is 24.4 Å². The van der Waals surface area contributed by atoms with E-state index >= 15 is 4.39 Å². The maximum absolute atomic E-state index is 15.5. The number of carbonyl (C=O) groups is 2. The Morgan fingerprint density at radius 2 is 1.85 bits per heavy atom. The maximum atomic E-state index is 15.5. The van der Waals surface area contributed by atoms with Crippen molar-refractivity contribution in [3.05, 3.63) is 47.5 Å². The summed E-state index contributed by atoms with van der Waals surface area (Å²) in [5.41, 5.74) is 2.20. The van der Waals surface area contributed by atoms with Gasteiger partial charge in [-0.15, -0.1) is 0 Å². The standard InChI is InChI=1S/C30H34F3N5O3/c1-18-6-4-3-5-10-37(18)28(39)25-13-26(20-15-30(32,33)16-20)38-27(34-25)14-24(35-38)22-8-7-21(12-23(22)31)36-11-9-19(17-36)29(40)41-2/h7-8,12-14,18-20H,3-6,9-11,15-17H2,1-2H3/t18-,19+/m1/s1. The number of amides is 1. The van der Waals surface area contributed by atoms with Crippen molar-refractivity contribution in [1.82, 2.24) is 19.5 Å². The molecular weight excluding hydrogens is 535 g/mol. The van der Waals surface area contributed by atoms with E-state index in [1.807, 2.05) is 16.7 Å². The van der Waals surface area contributed by atoms with Gasteiger partial charge in [-0.2, -0.15) is 5.10 Å². The number of esters is 1. The summed E-state index contributed by atoms with van der Waals surface area (Å²) in [6.45, 7) is 3.71. The first-order chi connectivity index (χ1) is 19.6. The molecule has 2 aliphatic heterocycles. The van der Waals surface area contributed by atoms with E-state index in [2.05, 4.69) is 10.1 Å². The lowest BCUT2D eigenvalue weighted by Crippen LogP contribution is -2.39. The smallest absolute Gasteiger partial charge is 0.310 e. The fourth-order valence-corrected chi connectivity index (χ4v) is 6.39. The molecule has 0 spiro atoms. The SMILES string of the molecule is COC(=O)[C@H]1CCN(c2ccc(-c3cc4nc(C(=O)N5CCCCC[C@H]5C)cc(C5CC(F)(F)C5)n4n3)c(F)c2)C1. The molecule has 1 aromatic carbocycles. The molecule has 2 saturated heterocycles. The highest BCUT2D eigenvalue weighted by Gasteiger charge is 2.47. The third-order valence-corrected chi connectivity index (χ3v) is 8.81. The van der Waals surface area contributed by atoms with Crippen molar-refractivity contribution in [1.29, 1.82) is 0 Å². The minimum absolute atomic E-state index is 0.0612. The number of ether oxygens (including phenoxy) is 1. The molecule has 3 aromatic rings. The Labute approximate surface area is 236 Å². The molecule has 3 aliphatic rings. The number of benzene rings is 1. The predicted molar refractivity (Wildman–Crippen MR) is 147 cm³/mol. The lowest BCUT2D eigenvalue weighted by atomic mass is 9.79. The molecule has 11 heteroatoms. The number of rotatable bonds is 5. The number of carbonyl (C=O) groups excluding carboxylic acids is 2. The second kappa shape index (κ2) is 10.6. The van der Waals surface area contributed by atoms with Crippen LogP contribution in [0.25, 0.3) is 16.9 Å². The van der Waals surface area contributed by atoms with Crippen molar-refractivity contribution in [3.63, 3.8) is 0 Å². The number of nitrogens with zero attached hydrogens (tertiary/aromatic N) is 5. The summed E-state index contributed by atoms with van der Waals surface area (Å²) < 4.78 is 49.6. The van der Waals surface area contributed by atoms with E-state index < -0.39 is 17.7 Å². The third-order valence-electron chi connectivity index (χ3n) is 8.81. The minimum atomic E-state index is -2.76. The van der Waals surface area contributed by atoms with E-state index in [0.717, 1.165) is 25.7 Å². The molecule has 4 heterocycles. The first kappa shape index (κ1) is 27.5. The van der Waals surface area contributed by atoms with Crippen molar-refractivity contribution in [2.45, 2.75) is 69.8 Å². The van der Waals surface area contributed by atoms with E-state index in [9.17, 15) is 18.4 Å². The molecule has 2 aromatic heterocycles. The zero-order chi connectivity index (χ0) is 28.9. The van der Waals surface area contributed by atoms with Crippen molar-refractivity contribution >= 4 is 23.2 Å². The molecule has 0 bridgehead atoms. The van der Waals surface area contributed by atoms with Gasteiger partial charge in [0.1, 0.15) is 11.5 Å². The number of hydrogen-bond donors (Lipinski definition) is 0. The molecule has 8 nitrogen and oxygen atoms in total. The van der Waals surface area contributed by atoms with Crippen LogP contribution in [0.2, 0.25) is 0 Å². The van der Waals surface area contributed by atoms with Gasteiger partial charge in [-0.3, -0.25) is 9.59 Å². The summed E-state index contributed by atoms with van der Waals surface area (Å²) in [6, 6.07) is 8.07. The van der Waals surface area contributed by atoms with Crippen molar-refractivity contribution < 1.29 is 27.5 Å². The summed E-state index contributed by atoms with van der Waals surface area (Å²) in [4.78, 5) is 33.8. The Hall–Kier alpha value is -3.63. The Bertz CT molecular complexity index is 1480. The van der Waals surface area contributed by atoms with Crippen LogP contribution in [-0.2, 0) is 9.53 Å². The van der Waals surface area contributed by atoms with Gasteiger partial charge >= 0.3 is 5.97 Å². The number of alkyl halides is 2. The van der Waals surface area contributed by atoms with Crippen molar-refractivity contribution in [2.75, 3.05) is 31.6 Å². The number of likely N-dealkylation sites (tertiary alicyclic amines) is 1. The Morgan fingerprint density at radius 3 is 2.59 bits per heavy atom. The van der Waals surface area contributed by atoms with Gasteiger partial charge in [0.25, 0.3) is 5.91 Å². The molecule has 0 unspecified atom stereocenters. The van der Waals surface area contributed by atoms with Crippen LogP contribution in [0.5, 0.6) is 0 Å². The van der Waals surface area contributed by atoms with Crippen LogP contribution in [0.1, 0.15) is 74.0 Å². The Balaban J connectivity index is 1.33. The third kappa shape index (κ3) is 5.26. The molecule has 6 rings (SSSR count). The zero-order valence-electron chi connectivity index (χ0n) is 23.3. The van der Waals surface area contributed by atoms with Gasteiger partial charge < -0.3 is 14.5 Å². The largest absolute Gasteiger partial charge is 0.469 e. The number of halogens is 3. The monoisotopic (exact) mass is 569 g/mol. The van der Waals surface area contributed by atoms with E-state index in [1.54, 1.807) is 24.3 Å². The number of fused-ring (bicyclic) bond motifs is 1. The molecule has 1 saturated carbocycles. The molecule has 0 N–H and O–H groups in total. The second-order valence-electron chi connectivity index (χ2n) is 11.6. The highest BCUT2D eigenvalue weighted by atomic mass is 19.3. The average Bonchev–Trinajstić information content (AvgIpc) is 3.54. The van der Waals surface area contributed by atoms with E-state index in [-0.39, 0.29) is 47.9 Å². The molecule has 218 valence electrons. The topological polar surface area (TPSA) is 80.0 Å². The summed E-state index contributed by atoms with van der Waals surface area (Å²) >= 11 is 0. The van der Waals surface area contributed by atoms with Gasteiger partial charge in [0, 0.05) is 61.8 Å². The van der Waals surface area contributed by atoms with Gasteiger partial charge in [-0.05, 0) is 50.5 Å². The van der Waals surface area contributed by atoms with Crippen LogP contribution in [0.15, 0.2) is 30.3 Å². The summed E-state index contributed by atoms with van der Waals surface area (Å²) in [7, 11) is 1.36. The quantitative estimate of drug-likeness (QED) is 0.380. The molecule has 2 atom stereocenters. The Kier molecular flexibility index (Phi) is 7.15. The lowest BCUT2D eigenvalue weighted by Gasteiger charge is -2.35. The first-order valence-electron chi connectivity index (χ1n) is 14.4. The van der Waals surface area contributed by atoms with Crippen LogP contribution < -0.4 is 4.90 Å². The number of aromatic nitrogens is 3. The minimum Gasteiger partial charge on any atom is -0.469 e. The van der Waals surface area contributed by atoms with Gasteiger partial charge in [-0.25, -0.2) is 22.7 Å². The molecule has 1 aliphatic carbocycles.